The highest BCUT2D eigenvalue weighted by Crippen LogP contribution is 2.24. The predicted molar refractivity (Wildman–Crippen MR) is 108 cm³/mol. The fourth-order valence-corrected chi connectivity index (χ4v) is 3.46. The summed E-state index contributed by atoms with van der Waals surface area (Å²) in [6, 6.07) is 8.13. The average Bonchev–Trinajstić information content (AvgIpc) is 2.74. The van der Waals surface area contributed by atoms with E-state index in [4.69, 9.17) is 4.74 Å². The van der Waals surface area contributed by atoms with E-state index in [9.17, 15) is 14.9 Å². The number of rotatable bonds is 7. The fraction of sp³-hybridized carbons (Fsp3) is 0.500. The zero-order valence-electron chi connectivity index (χ0n) is 17.0. The van der Waals surface area contributed by atoms with E-state index in [-0.39, 0.29) is 23.4 Å². The van der Waals surface area contributed by atoms with Gasteiger partial charge in [0.2, 0.25) is 0 Å². The number of aryl methyl sites for hydroxylation is 2. The lowest BCUT2D eigenvalue weighted by atomic mass is 9.96. The molecule has 1 heterocycles. The van der Waals surface area contributed by atoms with Gasteiger partial charge >= 0.3 is 5.97 Å². The second-order valence-corrected chi connectivity index (χ2v) is 6.79. The van der Waals surface area contributed by atoms with Crippen molar-refractivity contribution < 1.29 is 14.3 Å². The molecule has 6 heteroatoms. The average molecular weight is 383 g/mol. The van der Waals surface area contributed by atoms with Gasteiger partial charge in [0.1, 0.15) is 11.6 Å². The SMILES string of the molecule is CCOC(=O)C1CCN(C(=O)/C(C#N)=C\Nc2c(CC)cccc2CC)CC1. The molecule has 150 valence electrons. The molecule has 0 saturated carbocycles. The van der Waals surface area contributed by atoms with Crippen LogP contribution < -0.4 is 5.32 Å². The first-order valence-corrected chi connectivity index (χ1v) is 9.99. The van der Waals surface area contributed by atoms with E-state index < -0.39 is 0 Å². The Kier molecular flexibility index (Phi) is 8.06. The number of anilines is 1. The number of benzene rings is 1. The van der Waals surface area contributed by atoms with Crippen LogP contribution in [0.4, 0.5) is 5.69 Å². The van der Waals surface area contributed by atoms with E-state index in [0.29, 0.717) is 32.5 Å². The van der Waals surface area contributed by atoms with E-state index in [2.05, 4.69) is 19.2 Å². The number of piperidine rings is 1. The van der Waals surface area contributed by atoms with Crippen LogP contribution in [0.3, 0.4) is 0 Å². The number of esters is 1. The highest BCUT2D eigenvalue weighted by Gasteiger charge is 2.29. The second kappa shape index (κ2) is 10.5. The summed E-state index contributed by atoms with van der Waals surface area (Å²) in [4.78, 5) is 26.2. The minimum Gasteiger partial charge on any atom is -0.466 e. The number of likely N-dealkylation sites (tertiary alicyclic amines) is 1. The molecule has 28 heavy (non-hydrogen) atoms. The molecule has 1 amide bonds. The summed E-state index contributed by atoms with van der Waals surface area (Å²) in [5.41, 5.74) is 3.34. The monoisotopic (exact) mass is 383 g/mol. The van der Waals surface area contributed by atoms with Crippen LogP contribution in [0.15, 0.2) is 30.0 Å². The zero-order chi connectivity index (χ0) is 20.5. The van der Waals surface area contributed by atoms with E-state index in [1.807, 2.05) is 24.3 Å². The maximum atomic E-state index is 12.7. The Labute approximate surface area is 167 Å². The largest absolute Gasteiger partial charge is 0.466 e. The van der Waals surface area contributed by atoms with Crippen LogP contribution in [0.2, 0.25) is 0 Å². The van der Waals surface area contributed by atoms with Gasteiger partial charge in [0.05, 0.1) is 12.5 Å². The van der Waals surface area contributed by atoms with Crippen LogP contribution >= 0.6 is 0 Å². The molecule has 0 aliphatic carbocycles. The Morgan fingerprint density at radius 3 is 2.32 bits per heavy atom. The van der Waals surface area contributed by atoms with Gasteiger partial charge in [-0.1, -0.05) is 32.0 Å². The summed E-state index contributed by atoms with van der Waals surface area (Å²) in [5, 5.41) is 12.7. The van der Waals surface area contributed by atoms with Crippen LogP contribution in [-0.4, -0.2) is 36.5 Å². The van der Waals surface area contributed by atoms with E-state index >= 15 is 0 Å². The molecular formula is C22H29N3O3. The molecule has 0 atom stereocenters. The van der Waals surface area contributed by atoms with Crippen LogP contribution in [0.5, 0.6) is 0 Å². The Morgan fingerprint density at radius 2 is 1.82 bits per heavy atom. The quantitative estimate of drug-likeness (QED) is 0.443. The van der Waals surface area contributed by atoms with Gasteiger partial charge in [-0.25, -0.2) is 0 Å². The smallest absolute Gasteiger partial charge is 0.309 e. The maximum absolute atomic E-state index is 12.7. The molecule has 6 nitrogen and oxygen atoms in total. The molecule has 1 fully saturated rings. The number of ether oxygens (including phenoxy) is 1. The Bertz CT molecular complexity index is 749. The number of hydrogen-bond donors (Lipinski definition) is 1. The summed E-state index contributed by atoms with van der Waals surface area (Å²) < 4.78 is 5.06. The van der Waals surface area contributed by atoms with Crippen molar-refractivity contribution in [3.8, 4) is 6.07 Å². The van der Waals surface area contributed by atoms with Crippen molar-refractivity contribution in [2.24, 2.45) is 5.92 Å². The van der Waals surface area contributed by atoms with Gasteiger partial charge in [-0.3, -0.25) is 9.59 Å². The maximum Gasteiger partial charge on any atom is 0.309 e. The lowest BCUT2D eigenvalue weighted by Crippen LogP contribution is -2.41. The Balaban J connectivity index is 2.07. The second-order valence-electron chi connectivity index (χ2n) is 6.79. The summed E-state index contributed by atoms with van der Waals surface area (Å²) in [5.74, 6) is -0.667. The number of amides is 1. The fourth-order valence-electron chi connectivity index (χ4n) is 3.46. The predicted octanol–water partition coefficient (Wildman–Crippen LogP) is 3.43. The lowest BCUT2D eigenvalue weighted by Gasteiger charge is -2.30. The van der Waals surface area contributed by atoms with Gasteiger partial charge in [0.15, 0.2) is 0 Å². The number of nitrogens with one attached hydrogen (secondary N) is 1. The normalized spacial score (nSPS) is 15.1. The van der Waals surface area contributed by atoms with Crippen molar-refractivity contribution in [3.63, 3.8) is 0 Å². The molecule has 0 unspecified atom stereocenters. The molecule has 1 saturated heterocycles. The first kappa shape index (κ1) is 21.5. The summed E-state index contributed by atoms with van der Waals surface area (Å²) in [6.07, 6.45) is 4.36. The summed E-state index contributed by atoms with van der Waals surface area (Å²) >= 11 is 0. The molecule has 0 aromatic heterocycles. The summed E-state index contributed by atoms with van der Waals surface area (Å²) in [7, 11) is 0. The van der Waals surface area contributed by atoms with Crippen LogP contribution in [-0.2, 0) is 27.2 Å². The third-order valence-electron chi connectivity index (χ3n) is 5.11. The molecule has 0 radical (unpaired) electrons. The molecular weight excluding hydrogens is 354 g/mol. The van der Waals surface area contributed by atoms with Crippen molar-refractivity contribution in [2.75, 3.05) is 25.0 Å². The van der Waals surface area contributed by atoms with Crippen LogP contribution in [0.1, 0.15) is 44.7 Å². The highest BCUT2D eigenvalue weighted by atomic mass is 16.5. The van der Waals surface area contributed by atoms with Crippen LogP contribution in [0, 0.1) is 17.2 Å². The molecule has 1 N–H and O–H groups in total. The van der Waals surface area contributed by atoms with Crippen molar-refractivity contribution >= 4 is 17.6 Å². The van der Waals surface area contributed by atoms with E-state index in [1.54, 1.807) is 11.8 Å². The van der Waals surface area contributed by atoms with Crippen molar-refractivity contribution in [3.05, 3.63) is 41.1 Å². The van der Waals surface area contributed by atoms with Gasteiger partial charge in [-0.2, -0.15) is 5.26 Å². The van der Waals surface area contributed by atoms with Crippen molar-refractivity contribution in [1.29, 1.82) is 5.26 Å². The van der Waals surface area contributed by atoms with E-state index in [0.717, 1.165) is 29.7 Å². The Hall–Kier alpha value is -2.81. The molecule has 1 aliphatic heterocycles. The first-order chi connectivity index (χ1) is 13.5. The number of hydrogen-bond acceptors (Lipinski definition) is 5. The number of carbonyl (C=O) groups is 2. The highest BCUT2D eigenvalue weighted by molar-refractivity contribution is 5.97. The minimum atomic E-state index is -0.302. The van der Waals surface area contributed by atoms with E-state index in [1.165, 1.54) is 6.20 Å². The molecule has 2 rings (SSSR count). The van der Waals surface area contributed by atoms with Crippen molar-refractivity contribution in [2.45, 2.75) is 46.5 Å². The molecule has 0 bridgehead atoms. The lowest BCUT2D eigenvalue weighted by molar-refractivity contribution is -0.150. The Morgan fingerprint density at radius 1 is 1.21 bits per heavy atom. The number of nitriles is 1. The number of para-hydroxylation sites is 1. The van der Waals surface area contributed by atoms with Crippen LogP contribution in [0.25, 0.3) is 0 Å². The number of carbonyl (C=O) groups excluding carboxylic acids is 2. The topological polar surface area (TPSA) is 82.4 Å². The molecule has 0 spiro atoms. The van der Waals surface area contributed by atoms with Gasteiger partial charge in [-0.15, -0.1) is 0 Å². The van der Waals surface area contributed by atoms with Gasteiger partial charge in [0, 0.05) is 25.0 Å². The van der Waals surface area contributed by atoms with Gasteiger partial charge < -0.3 is 15.0 Å². The molecule has 1 aromatic rings. The van der Waals surface area contributed by atoms with Crippen molar-refractivity contribution in [1.82, 2.24) is 4.90 Å². The third kappa shape index (κ3) is 5.13. The summed E-state index contributed by atoms with van der Waals surface area (Å²) in [6.45, 7) is 7.21. The first-order valence-electron chi connectivity index (χ1n) is 9.99. The zero-order valence-corrected chi connectivity index (χ0v) is 17.0. The van der Waals surface area contributed by atoms with Gasteiger partial charge in [0.25, 0.3) is 5.91 Å². The van der Waals surface area contributed by atoms with Gasteiger partial charge in [-0.05, 0) is 43.7 Å². The minimum absolute atomic E-state index is 0.0718. The molecule has 1 aliphatic rings. The number of nitrogens with zero attached hydrogens (tertiary/aromatic N) is 2. The third-order valence-corrected chi connectivity index (χ3v) is 5.11. The standard InChI is InChI=1S/C22H29N3O3/c1-4-16-8-7-9-17(5-2)20(16)24-15-19(14-23)21(26)25-12-10-18(11-13-25)22(27)28-6-3/h7-9,15,18,24H,4-6,10-13H2,1-3H3/b19-15-. The molecule has 1 aromatic carbocycles.